The number of nitrogens with zero attached hydrogens (tertiary/aromatic N) is 5. The van der Waals surface area contributed by atoms with Crippen LogP contribution in [0.3, 0.4) is 0 Å². The number of benzene rings is 2. The van der Waals surface area contributed by atoms with Crippen LogP contribution in [0.2, 0.25) is 0 Å². The van der Waals surface area contributed by atoms with Gasteiger partial charge in [0.1, 0.15) is 11.9 Å². The van der Waals surface area contributed by atoms with Crippen molar-refractivity contribution in [2.75, 3.05) is 30.3 Å². The van der Waals surface area contributed by atoms with Crippen LogP contribution in [0.15, 0.2) is 48.5 Å². The lowest BCUT2D eigenvalue weighted by Gasteiger charge is -2.39. The SMILES string of the molecule is Cc1nn(C)c2cc(-c3ccc([C@@H](Oc4cc(N5CCC6(CC5)CN[C@H](C(=O)O)C6)nc(N)n4)C(F)(F)F)cc3)ccc12. The molecule has 10 nitrogen and oxygen atoms in total. The van der Waals surface area contributed by atoms with Gasteiger partial charge in [0.15, 0.2) is 0 Å². The van der Waals surface area contributed by atoms with Gasteiger partial charge in [-0.05, 0) is 48.8 Å². The second-order valence-electron chi connectivity index (χ2n) is 11.5. The number of aryl methyl sites for hydroxylation is 2. The highest BCUT2D eigenvalue weighted by Gasteiger charge is 2.45. The molecule has 4 aromatic rings. The zero-order chi connectivity index (χ0) is 30.5. The first-order valence-electron chi connectivity index (χ1n) is 14.0. The number of hydrogen-bond donors (Lipinski definition) is 3. The van der Waals surface area contributed by atoms with Gasteiger partial charge in [0.05, 0.1) is 11.2 Å². The lowest BCUT2D eigenvalue weighted by molar-refractivity contribution is -0.198. The predicted molar refractivity (Wildman–Crippen MR) is 155 cm³/mol. The summed E-state index contributed by atoms with van der Waals surface area (Å²) in [6, 6.07) is 12.7. The van der Waals surface area contributed by atoms with Crippen LogP contribution in [0.5, 0.6) is 5.88 Å². The average Bonchev–Trinajstić information content (AvgIpc) is 3.51. The third-order valence-electron chi connectivity index (χ3n) is 8.63. The summed E-state index contributed by atoms with van der Waals surface area (Å²) in [5.41, 5.74) is 9.15. The minimum absolute atomic E-state index is 0.0749. The number of carboxylic acid groups (broad SMARTS) is 1. The first-order chi connectivity index (χ1) is 20.4. The smallest absolute Gasteiger partial charge is 0.429 e. The van der Waals surface area contributed by atoms with Crippen molar-refractivity contribution >= 4 is 28.6 Å². The molecule has 0 bridgehead atoms. The van der Waals surface area contributed by atoms with Crippen LogP contribution in [0, 0.1) is 12.3 Å². The third kappa shape index (κ3) is 5.68. The molecular formula is C30H32F3N7O3. The quantitative estimate of drug-likeness (QED) is 0.292. The fraction of sp³-hybridized carbons (Fsp3) is 0.400. The van der Waals surface area contributed by atoms with Gasteiger partial charge in [-0.1, -0.05) is 36.4 Å². The maximum atomic E-state index is 14.3. The molecule has 2 aliphatic heterocycles. The molecular weight excluding hydrogens is 563 g/mol. The number of anilines is 2. The van der Waals surface area contributed by atoms with Crippen LogP contribution in [-0.4, -0.2) is 62.7 Å². The van der Waals surface area contributed by atoms with Crippen LogP contribution in [-0.2, 0) is 11.8 Å². The number of aliphatic carboxylic acids is 1. The van der Waals surface area contributed by atoms with Crippen molar-refractivity contribution in [3.63, 3.8) is 0 Å². The van der Waals surface area contributed by atoms with Crippen LogP contribution in [0.4, 0.5) is 24.9 Å². The Morgan fingerprint density at radius 2 is 1.81 bits per heavy atom. The van der Waals surface area contributed by atoms with E-state index in [1.54, 1.807) is 16.8 Å². The first kappa shape index (κ1) is 28.7. The van der Waals surface area contributed by atoms with E-state index in [9.17, 15) is 23.1 Å². The van der Waals surface area contributed by atoms with Gasteiger partial charge in [-0.25, -0.2) is 0 Å². The number of carboxylic acids is 1. The fourth-order valence-electron chi connectivity index (χ4n) is 6.25. The molecule has 0 unspecified atom stereocenters. The standard InChI is InChI=1S/C30H32F3N7O3/c1-17-21-8-7-20(13-23(21)39(2)38-17)18-3-5-19(6-4-18)26(30(31,32)33)43-25-14-24(36-28(34)37-25)40-11-9-29(10-12-40)15-22(27(41)42)35-16-29/h3-8,13-14,22,26,35H,9-12,15-16H2,1-2H3,(H,41,42)(H2,34,36,37)/t22-,26+/m0/s1. The molecule has 1 spiro atoms. The zero-order valence-electron chi connectivity index (χ0n) is 23.7. The molecule has 43 heavy (non-hydrogen) atoms. The number of nitrogen functional groups attached to an aromatic ring is 1. The molecule has 0 radical (unpaired) electrons. The summed E-state index contributed by atoms with van der Waals surface area (Å²) in [7, 11) is 1.85. The Morgan fingerprint density at radius 3 is 2.47 bits per heavy atom. The molecule has 0 aliphatic carbocycles. The molecule has 13 heteroatoms. The Balaban J connectivity index is 1.20. The molecule has 2 aromatic carbocycles. The van der Waals surface area contributed by atoms with Crippen molar-refractivity contribution in [3.8, 4) is 17.0 Å². The molecule has 2 aliphatic rings. The summed E-state index contributed by atoms with van der Waals surface area (Å²) in [4.78, 5) is 21.5. The number of rotatable bonds is 6. The number of ether oxygens (including phenoxy) is 1. The van der Waals surface area contributed by atoms with E-state index >= 15 is 0 Å². The number of halogens is 3. The molecule has 4 heterocycles. The Bertz CT molecular complexity index is 1660. The molecule has 2 fully saturated rings. The summed E-state index contributed by atoms with van der Waals surface area (Å²) in [6.45, 7) is 3.65. The molecule has 2 aromatic heterocycles. The van der Waals surface area contributed by atoms with E-state index in [0.717, 1.165) is 27.7 Å². The van der Waals surface area contributed by atoms with Crippen molar-refractivity contribution < 1.29 is 27.8 Å². The number of alkyl halides is 3. The Morgan fingerprint density at radius 1 is 1.12 bits per heavy atom. The second kappa shape index (κ2) is 10.7. The monoisotopic (exact) mass is 595 g/mol. The number of nitrogens with two attached hydrogens (primary N) is 1. The molecule has 2 saturated heterocycles. The van der Waals surface area contributed by atoms with E-state index in [1.165, 1.54) is 18.2 Å². The summed E-state index contributed by atoms with van der Waals surface area (Å²) in [5.74, 6) is -0.965. The minimum atomic E-state index is -4.72. The van der Waals surface area contributed by atoms with Crippen molar-refractivity contribution in [2.24, 2.45) is 12.5 Å². The van der Waals surface area contributed by atoms with Crippen molar-refractivity contribution in [1.29, 1.82) is 0 Å². The Labute approximate surface area is 245 Å². The molecule has 6 rings (SSSR count). The van der Waals surface area contributed by atoms with E-state index in [2.05, 4.69) is 20.4 Å². The van der Waals surface area contributed by atoms with E-state index < -0.39 is 24.3 Å². The van der Waals surface area contributed by atoms with Crippen LogP contribution < -0.4 is 20.7 Å². The number of carbonyl (C=O) groups is 1. The van der Waals surface area contributed by atoms with Gasteiger partial charge in [-0.3, -0.25) is 9.48 Å². The highest BCUT2D eigenvalue weighted by molar-refractivity contribution is 5.86. The lowest BCUT2D eigenvalue weighted by atomic mass is 9.76. The Kier molecular flexibility index (Phi) is 7.15. The van der Waals surface area contributed by atoms with Crippen LogP contribution in [0.1, 0.15) is 36.6 Å². The molecule has 0 amide bonds. The Hall–Kier alpha value is -4.39. The summed E-state index contributed by atoms with van der Waals surface area (Å²) in [6.07, 6.45) is -5.02. The van der Waals surface area contributed by atoms with E-state index in [-0.39, 0.29) is 22.8 Å². The first-order valence-corrected chi connectivity index (χ1v) is 14.0. The average molecular weight is 596 g/mol. The van der Waals surface area contributed by atoms with Gasteiger partial charge in [0.2, 0.25) is 17.9 Å². The van der Waals surface area contributed by atoms with E-state index in [1.807, 2.05) is 37.1 Å². The normalized spacial score (nSPS) is 19.2. The molecule has 2 atom stereocenters. The number of hydrogen-bond acceptors (Lipinski definition) is 8. The highest BCUT2D eigenvalue weighted by atomic mass is 19.4. The summed E-state index contributed by atoms with van der Waals surface area (Å²) >= 11 is 0. The molecule has 226 valence electrons. The van der Waals surface area contributed by atoms with Gasteiger partial charge in [0, 0.05) is 43.7 Å². The summed E-state index contributed by atoms with van der Waals surface area (Å²) in [5, 5.41) is 17.9. The topological polar surface area (TPSA) is 131 Å². The van der Waals surface area contributed by atoms with Crippen molar-refractivity contribution in [1.82, 2.24) is 25.1 Å². The van der Waals surface area contributed by atoms with Gasteiger partial charge in [0.25, 0.3) is 0 Å². The van der Waals surface area contributed by atoms with Crippen molar-refractivity contribution in [2.45, 2.75) is 44.5 Å². The number of nitrogens with one attached hydrogen (secondary N) is 1. The number of fused-ring (bicyclic) bond motifs is 1. The van der Waals surface area contributed by atoms with Gasteiger partial charge < -0.3 is 25.8 Å². The third-order valence-corrected chi connectivity index (χ3v) is 8.63. The van der Waals surface area contributed by atoms with Crippen molar-refractivity contribution in [3.05, 3.63) is 59.8 Å². The van der Waals surface area contributed by atoms with Gasteiger partial charge in [-0.15, -0.1) is 0 Å². The lowest BCUT2D eigenvalue weighted by Crippen LogP contribution is -2.41. The number of piperidine rings is 1. The zero-order valence-corrected chi connectivity index (χ0v) is 23.7. The maximum absolute atomic E-state index is 14.3. The van der Waals surface area contributed by atoms with Crippen LogP contribution >= 0.6 is 0 Å². The van der Waals surface area contributed by atoms with E-state index in [0.29, 0.717) is 44.7 Å². The molecule has 4 N–H and O–H groups in total. The highest BCUT2D eigenvalue weighted by Crippen LogP contribution is 2.41. The largest absolute Gasteiger partial charge is 0.480 e. The fourth-order valence-corrected chi connectivity index (χ4v) is 6.25. The summed E-state index contributed by atoms with van der Waals surface area (Å²) < 4.78 is 50.1. The maximum Gasteiger partial charge on any atom is 0.429 e. The van der Waals surface area contributed by atoms with E-state index in [4.69, 9.17) is 10.5 Å². The predicted octanol–water partition coefficient (Wildman–Crippen LogP) is 4.64. The van der Waals surface area contributed by atoms with Crippen LogP contribution in [0.25, 0.3) is 22.0 Å². The number of aromatic nitrogens is 4. The second-order valence-corrected chi connectivity index (χ2v) is 11.5. The van der Waals surface area contributed by atoms with Gasteiger partial charge in [-0.2, -0.15) is 28.2 Å². The van der Waals surface area contributed by atoms with Gasteiger partial charge >= 0.3 is 12.1 Å². The minimum Gasteiger partial charge on any atom is -0.480 e. The molecule has 0 saturated carbocycles.